The molecule has 0 fully saturated rings. The highest BCUT2D eigenvalue weighted by molar-refractivity contribution is 5.20. The lowest BCUT2D eigenvalue weighted by Gasteiger charge is -2.12. The van der Waals surface area contributed by atoms with Crippen molar-refractivity contribution in [3.63, 3.8) is 0 Å². The molecule has 0 radical (unpaired) electrons. The number of hydrogen-bond acceptors (Lipinski definition) is 2. The molecule has 0 aromatic heterocycles. The molecule has 0 bridgehead atoms. The summed E-state index contributed by atoms with van der Waals surface area (Å²) in [6.45, 7) is 7.41. The van der Waals surface area contributed by atoms with Crippen LogP contribution in [0.4, 0.5) is 0 Å². The Bertz CT molecular complexity index is 140. The van der Waals surface area contributed by atoms with E-state index in [4.69, 9.17) is 11.5 Å². The van der Waals surface area contributed by atoms with Crippen LogP contribution in [0.2, 0.25) is 0 Å². The van der Waals surface area contributed by atoms with Gasteiger partial charge in [0.2, 0.25) is 0 Å². The maximum absolute atomic E-state index is 5.61. The second kappa shape index (κ2) is 2.61. The number of rotatable bonds is 0. The van der Waals surface area contributed by atoms with Gasteiger partial charge in [-0.3, -0.25) is 0 Å². The van der Waals surface area contributed by atoms with E-state index in [1.165, 1.54) is 0 Å². The summed E-state index contributed by atoms with van der Waals surface area (Å²) >= 11 is 0. The first-order valence-corrected chi connectivity index (χ1v) is 3.33. The van der Waals surface area contributed by atoms with Crippen LogP contribution in [0.1, 0.15) is 27.7 Å². The van der Waals surface area contributed by atoms with E-state index in [0.29, 0.717) is 0 Å². The summed E-state index contributed by atoms with van der Waals surface area (Å²) in [6.07, 6.45) is 0. The van der Waals surface area contributed by atoms with Crippen LogP contribution in [0.5, 0.6) is 0 Å². The van der Waals surface area contributed by atoms with Gasteiger partial charge in [-0.15, -0.1) is 0 Å². The van der Waals surface area contributed by atoms with Crippen molar-refractivity contribution in [2.24, 2.45) is 11.5 Å². The molecule has 0 aromatic rings. The molecule has 2 nitrogen and oxygen atoms in total. The molecular formula is C8H16N2. The smallest absolute Gasteiger partial charge is 0.0719 e. The van der Waals surface area contributed by atoms with Gasteiger partial charge in [-0.2, -0.15) is 0 Å². The van der Waals surface area contributed by atoms with Crippen molar-refractivity contribution in [3.8, 4) is 11.8 Å². The van der Waals surface area contributed by atoms with Crippen LogP contribution in [0, 0.1) is 11.8 Å². The van der Waals surface area contributed by atoms with Crippen LogP contribution >= 0.6 is 0 Å². The van der Waals surface area contributed by atoms with E-state index in [2.05, 4.69) is 11.8 Å². The second-order valence-corrected chi connectivity index (χ2v) is 3.69. The Hall–Kier alpha value is -0.520. The molecule has 0 amide bonds. The van der Waals surface area contributed by atoms with E-state index in [9.17, 15) is 0 Å². The molecule has 0 aromatic carbocycles. The van der Waals surface area contributed by atoms with Crippen molar-refractivity contribution in [1.82, 2.24) is 0 Å². The summed E-state index contributed by atoms with van der Waals surface area (Å²) in [5.74, 6) is 5.73. The first-order chi connectivity index (χ1) is 4.21. The first-order valence-electron chi connectivity index (χ1n) is 3.33. The summed E-state index contributed by atoms with van der Waals surface area (Å²) in [5.41, 5.74) is 10.4. The van der Waals surface area contributed by atoms with Gasteiger partial charge in [-0.05, 0) is 27.7 Å². The van der Waals surface area contributed by atoms with E-state index >= 15 is 0 Å². The first kappa shape index (κ1) is 9.48. The average molecular weight is 140 g/mol. The molecular weight excluding hydrogens is 124 g/mol. The zero-order valence-corrected chi connectivity index (χ0v) is 7.15. The van der Waals surface area contributed by atoms with Gasteiger partial charge >= 0.3 is 0 Å². The van der Waals surface area contributed by atoms with Crippen molar-refractivity contribution in [2.45, 2.75) is 38.8 Å². The minimum atomic E-state index is -0.434. The highest BCUT2D eigenvalue weighted by Gasteiger charge is 2.08. The van der Waals surface area contributed by atoms with E-state index in [1.807, 2.05) is 27.7 Å². The Labute approximate surface area is 63.0 Å². The fraction of sp³-hybridized carbons (Fsp3) is 0.750. The molecule has 4 N–H and O–H groups in total. The molecule has 0 aliphatic rings. The maximum atomic E-state index is 5.61. The normalized spacial score (nSPS) is 12.2. The molecule has 2 heteroatoms. The largest absolute Gasteiger partial charge is 0.316 e. The molecule has 0 saturated heterocycles. The zero-order valence-electron chi connectivity index (χ0n) is 7.15. The Balaban J connectivity index is 4.19. The maximum Gasteiger partial charge on any atom is 0.0719 e. The van der Waals surface area contributed by atoms with Gasteiger partial charge < -0.3 is 11.5 Å². The lowest BCUT2D eigenvalue weighted by Crippen LogP contribution is -2.34. The third kappa shape index (κ3) is 7.48. The van der Waals surface area contributed by atoms with Gasteiger partial charge in [0.1, 0.15) is 0 Å². The molecule has 0 saturated carbocycles. The Morgan fingerprint density at radius 3 is 1.10 bits per heavy atom. The minimum absolute atomic E-state index is 0.434. The summed E-state index contributed by atoms with van der Waals surface area (Å²) in [7, 11) is 0. The Morgan fingerprint density at radius 1 is 0.800 bits per heavy atom. The summed E-state index contributed by atoms with van der Waals surface area (Å²) < 4.78 is 0. The monoisotopic (exact) mass is 140 g/mol. The lowest BCUT2D eigenvalue weighted by atomic mass is 10.0. The van der Waals surface area contributed by atoms with Gasteiger partial charge in [0.05, 0.1) is 11.1 Å². The molecule has 0 spiro atoms. The van der Waals surface area contributed by atoms with E-state index in [1.54, 1.807) is 0 Å². The molecule has 0 aliphatic heterocycles. The van der Waals surface area contributed by atoms with Gasteiger partial charge in [0.15, 0.2) is 0 Å². The van der Waals surface area contributed by atoms with E-state index < -0.39 is 11.1 Å². The predicted molar refractivity (Wildman–Crippen MR) is 44.3 cm³/mol. The Morgan fingerprint density at radius 2 is 1.00 bits per heavy atom. The van der Waals surface area contributed by atoms with Crippen molar-refractivity contribution in [3.05, 3.63) is 0 Å². The molecule has 0 aliphatic carbocycles. The highest BCUT2D eigenvalue weighted by Crippen LogP contribution is 1.96. The van der Waals surface area contributed by atoms with Crippen LogP contribution in [0.15, 0.2) is 0 Å². The molecule has 0 atom stereocenters. The molecule has 58 valence electrons. The molecule has 10 heavy (non-hydrogen) atoms. The Kier molecular flexibility index (Phi) is 2.48. The van der Waals surface area contributed by atoms with Crippen LogP contribution in [0.3, 0.4) is 0 Å². The van der Waals surface area contributed by atoms with Crippen LogP contribution < -0.4 is 11.5 Å². The third-order valence-electron chi connectivity index (χ3n) is 0.707. The van der Waals surface area contributed by atoms with Crippen molar-refractivity contribution < 1.29 is 0 Å². The quantitative estimate of drug-likeness (QED) is 0.480. The van der Waals surface area contributed by atoms with Crippen LogP contribution in [-0.2, 0) is 0 Å². The summed E-state index contributed by atoms with van der Waals surface area (Å²) in [6, 6.07) is 0. The fourth-order valence-corrected chi connectivity index (χ4v) is 0.322. The van der Waals surface area contributed by atoms with Crippen LogP contribution in [0.25, 0.3) is 0 Å². The molecule has 0 unspecified atom stereocenters. The van der Waals surface area contributed by atoms with Crippen molar-refractivity contribution in [2.75, 3.05) is 0 Å². The summed E-state index contributed by atoms with van der Waals surface area (Å²) in [5, 5.41) is 0. The minimum Gasteiger partial charge on any atom is -0.316 e. The van der Waals surface area contributed by atoms with Crippen molar-refractivity contribution >= 4 is 0 Å². The van der Waals surface area contributed by atoms with Gasteiger partial charge in [-0.1, -0.05) is 11.8 Å². The van der Waals surface area contributed by atoms with Gasteiger partial charge in [0.25, 0.3) is 0 Å². The van der Waals surface area contributed by atoms with Gasteiger partial charge in [-0.25, -0.2) is 0 Å². The van der Waals surface area contributed by atoms with Gasteiger partial charge in [0, 0.05) is 0 Å². The third-order valence-corrected chi connectivity index (χ3v) is 0.707. The van der Waals surface area contributed by atoms with Crippen LogP contribution in [-0.4, -0.2) is 11.1 Å². The highest BCUT2D eigenvalue weighted by atomic mass is 14.7. The molecule has 0 rings (SSSR count). The number of nitrogens with two attached hydrogens (primary N) is 2. The summed E-state index contributed by atoms with van der Waals surface area (Å²) in [4.78, 5) is 0. The van der Waals surface area contributed by atoms with Crippen molar-refractivity contribution in [1.29, 1.82) is 0 Å². The standard InChI is InChI=1S/C8H16N2/c1-7(2,9)5-6-8(3,4)10/h9-10H2,1-4H3. The topological polar surface area (TPSA) is 52.0 Å². The average Bonchev–Trinajstić information content (AvgIpc) is 1.57. The fourth-order valence-electron chi connectivity index (χ4n) is 0.322. The second-order valence-electron chi connectivity index (χ2n) is 3.69. The SMILES string of the molecule is CC(C)(N)C#CC(C)(C)N. The lowest BCUT2D eigenvalue weighted by molar-refractivity contribution is 0.654. The van der Waals surface area contributed by atoms with E-state index in [0.717, 1.165) is 0 Å². The van der Waals surface area contributed by atoms with E-state index in [-0.39, 0.29) is 0 Å². The zero-order chi connectivity index (χ0) is 8.41. The predicted octanol–water partition coefficient (Wildman–Crippen LogP) is 0.464. The molecule has 0 heterocycles. The number of hydrogen-bond donors (Lipinski definition) is 2.